The SMILES string of the molecule is CCNC(=NCC1Cc2ccccc2O1)NC(C)CC. The largest absolute Gasteiger partial charge is 0.488 e. The van der Waals surface area contributed by atoms with Crippen molar-refractivity contribution in [2.24, 2.45) is 4.99 Å². The Kier molecular flexibility index (Phi) is 5.27. The number of hydrogen-bond acceptors (Lipinski definition) is 2. The Morgan fingerprint density at radius 1 is 1.40 bits per heavy atom. The average molecular weight is 275 g/mol. The second-order valence-electron chi connectivity index (χ2n) is 5.22. The van der Waals surface area contributed by atoms with Crippen molar-refractivity contribution in [1.29, 1.82) is 0 Å². The van der Waals surface area contributed by atoms with Crippen molar-refractivity contribution in [3.8, 4) is 5.75 Å². The van der Waals surface area contributed by atoms with Gasteiger partial charge in [-0.2, -0.15) is 0 Å². The number of guanidine groups is 1. The lowest BCUT2D eigenvalue weighted by atomic mass is 10.1. The van der Waals surface area contributed by atoms with E-state index in [2.05, 4.69) is 48.5 Å². The standard InChI is InChI=1S/C16H25N3O/c1-4-12(3)19-16(17-5-2)18-11-14-10-13-8-6-7-9-15(13)20-14/h6-9,12,14H,4-5,10-11H2,1-3H3,(H2,17,18,19). The number of nitrogens with zero attached hydrogens (tertiary/aromatic N) is 1. The van der Waals surface area contributed by atoms with Crippen molar-refractivity contribution in [3.05, 3.63) is 29.8 Å². The maximum Gasteiger partial charge on any atom is 0.191 e. The average Bonchev–Trinajstić information content (AvgIpc) is 2.87. The first-order valence-electron chi connectivity index (χ1n) is 7.52. The van der Waals surface area contributed by atoms with Gasteiger partial charge in [-0.15, -0.1) is 0 Å². The maximum absolute atomic E-state index is 5.90. The minimum Gasteiger partial charge on any atom is -0.488 e. The van der Waals surface area contributed by atoms with E-state index in [1.807, 2.05) is 12.1 Å². The molecule has 2 atom stereocenters. The van der Waals surface area contributed by atoms with Crippen LogP contribution in [0.1, 0.15) is 32.8 Å². The van der Waals surface area contributed by atoms with Crippen LogP contribution < -0.4 is 15.4 Å². The van der Waals surface area contributed by atoms with Crippen molar-refractivity contribution >= 4 is 5.96 Å². The van der Waals surface area contributed by atoms with Gasteiger partial charge in [0.25, 0.3) is 0 Å². The molecule has 0 amide bonds. The Bertz CT molecular complexity index is 434. The van der Waals surface area contributed by atoms with E-state index in [-0.39, 0.29) is 6.10 Å². The summed E-state index contributed by atoms with van der Waals surface area (Å²) in [5.74, 6) is 1.88. The molecule has 0 radical (unpaired) electrons. The van der Waals surface area contributed by atoms with Gasteiger partial charge in [0.15, 0.2) is 5.96 Å². The highest BCUT2D eigenvalue weighted by Gasteiger charge is 2.21. The molecule has 4 heteroatoms. The number of benzene rings is 1. The number of aliphatic imine (C=N–C) groups is 1. The lowest BCUT2D eigenvalue weighted by Gasteiger charge is -2.17. The zero-order chi connectivity index (χ0) is 14.4. The summed E-state index contributed by atoms with van der Waals surface area (Å²) < 4.78 is 5.90. The molecule has 0 saturated heterocycles. The lowest BCUT2D eigenvalue weighted by Crippen LogP contribution is -2.42. The van der Waals surface area contributed by atoms with Crippen LogP contribution in [0.3, 0.4) is 0 Å². The number of rotatable bonds is 5. The Balaban J connectivity index is 1.90. The van der Waals surface area contributed by atoms with Crippen LogP contribution >= 0.6 is 0 Å². The van der Waals surface area contributed by atoms with Gasteiger partial charge in [0, 0.05) is 19.0 Å². The monoisotopic (exact) mass is 275 g/mol. The van der Waals surface area contributed by atoms with Crippen LogP contribution in [0.25, 0.3) is 0 Å². The van der Waals surface area contributed by atoms with Gasteiger partial charge in [-0.3, -0.25) is 0 Å². The Hall–Kier alpha value is -1.71. The number of nitrogens with one attached hydrogen (secondary N) is 2. The summed E-state index contributed by atoms with van der Waals surface area (Å²) in [4.78, 5) is 4.64. The van der Waals surface area contributed by atoms with Gasteiger partial charge in [0.2, 0.25) is 0 Å². The third-order valence-corrected chi connectivity index (χ3v) is 3.51. The molecule has 2 N–H and O–H groups in total. The fourth-order valence-electron chi connectivity index (χ4n) is 2.20. The Morgan fingerprint density at radius 3 is 2.90 bits per heavy atom. The van der Waals surface area contributed by atoms with Crippen molar-refractivity contribution in [2.75, 3.05) is 13.1 Å². The molecule has 0 bridgehead atoms. The second kappa shape index (κ2) is 7.17. The van der Waals surface area contributed by atoms with Crippen LogP contribution in [0.15, 0.2) is 29.3 Å². The van der Waals surface area contributed by atoms with Crippen LogP contribution in [-0.4, -0.2) is 31.2 Å². The first-order chi connectivity index (χ1) is 9.72. The number of fused-ring (bicyclic) bond motifs is 1. The van der Waals surface area contributed by atoms with Crippen molar-refractivity contribution in [3.63, 3.8) is 0 Å². The molecule has 1 aromatic carbocycles. The van der Waals surface area contributed by atoms with Gasteiger partial charge in [0.05, 0.1) is 6.54 Å². The molecule has 1 heterocycles. The smallest absolute Gasteiger partial charge is 0.191 e. The summed E-state index contributed by atoms with van der Waals surface area (Å²) in [6.07, 6.45) is 2.18. The third-order valence-electron chi connectivity index (χ3n) is 3.51. The molecular weight excluding hydrogens is 250 g/mol. The third kappa shape index (κ3) is 3.89. The van der Waals surface area contributed by atoms with Crippen molar-refractivity contribution < 1.29 is 4.74 Å². The molecule has 0 saturated carbocycles. The van der Waals surface area contributed by atoms with Crippen LogP contribution in [0.4, 0.5) is 0 Å². The van der Waals surface area contributed by atoms with Crippen LogP contribution in [0.5, 0.6) is 5.75 Å². The van der Waals surface area contributed by atoms with Gasteiger partial charge >= 0.3 is 0 Å². The fraction of sp³-hybridized carbons (Fsp3) is 0.562. The van der Waals surface area contributed by atoms with E-state index in [1.54, 1.807) is 0 Å². The minimum atomic E-state index is 0.153. The summed E-state index contributed by atoms with van der Waals surface area (Å²) in [7, 11) is 0. The minimum absolute atomic E-state index is 0.153. The highest BCUT2D eigenvalue weighted by molar-refractivity contribution is 5.80. The number of hydrogen-bond donors (Lipinski definition) is 2. The lowest BCUT2D eigenvalue weighted by molar-refractivity contribution is 0.241. The molecule has 0 aliphatic carbocycles. The zero-order valence-corrected chi connectivity index (χ0v) is 12.6. The summed E-state index contributed by atoms with van der Waals surface area (Å²) in [5, 5.41) is 6.67. The molecule has 2 unspecified atom stereocenters. The first-order valence-corrected chi connectivity index (χ1v) is 7.52. The second-order valence-corrected chi connectivity index (χ2v) is 5.22. The molecule has 0 spiro atoms. The summed E-state index contributed by atoms with van der Waals surface area (Å²) in [6, 6.07) is 8.65. The summed E-state index contributed by atoms with van der Waals surface area (Å²) >= 11 is 0. The molecule has 0 fully saturated rings. The molecule has 0 aromatic heterocycles. The van der Waals surface area contributed by atoms with Crippen molar-refractivity contribution in [1.82, 2.24) is 10.6 Å². The predicted octanol–water partition coefficient (Wildman–Crippen LogP) is 2.34. The van der Waals surface area contributed by atoms with Gasteiger partial charge in [-0.05, 0) is 31.9 Å². The highest BCUT2D eigenvalue weighted by atomic mass is 16.5. The van der Waals surface area contributed by atoms with Gasteiger partial charge < -0.3 is 15.4 Å². The molecule has 1 aliphatic rings. The van der Waals surface area contributed by atoms with Gasteiger partial charge in [-0.1, -0.05) is 25.1 Å². The molecule has 1 aromatic rings. The molecule has 2 rings (SSSR count). The molecule has 110 valence electrons. The van der Waals surface area contributed by atoms with Crippen LogP contribution in [-0.2, 0) is 6.42 Å². The van der Waals surface area contributed by atoms with Gasteiger partial charge in [0.1, 0.15) is 11.9 Å². The van der Waals surface area contributed by atoms with E-state index < -0.39 is 0 Å². The van der Waals surface area contributed by atoms with Gasteiger partial charge in [-0.25, -0.2) is 4.99 Å². The maximum atomic E-state index is 5.90. The van der Waals surface area contributed by atoms with Crippen LogP contribution in [0, 0.1) is 0 Å². The predicted molar refractivity (Wildman–Crippen MR) is 83.4 cm³/mol. The quantitative estimate of drug-likeness (QED) is 0.640. The van der Waals surface area contributed by atoms with E-state index in [0.717, 1.165) is 31.1 Å². The molecule has 1 aliphatic heterocycles. The van der Waals surface area contributed by atoms with Crippen LogP contribution in [0.2, 0.25) is 0 Å². The highest BCUT2D eigenvalue weighted by Crippen LogP contribution is 2.28. The summed E-state index contributed by atoms with van der Waals surface area (Å²) in [5.41, 5.74) is 1.28. The first kappa shape index (κ1) is 14.7. The number of para-hydroxylation sites is 1. The fourth-order valence-corrected chi connectivity index (χ4v) is 2.20. The van der Waals surface area contributed by atoms with E-state index in [4.69, 9.17) is 4.74 Å². The summed E-state index contributed by atoms with van der Waals surface area (Å²) in [6.45, 7) is 7.96. The van der Waals surface area contributed by atoms with E-state index >= 15 is 0 Å². The molecule has 20 heavy (non-hydrogen) atoms. The normalized spacial score (nSPS) is 19.1. The topological polar surface area (TPSA) is 45.7 Å². The Labute approximate surface area is 121 Å². The van der Waals surface area contributed by atoms with E-state index in [0.29, 0.717) is 12.6 Å². The molecular formula is C16H25N3O. The molecule has 4 nitrogen and oxygen atoms in total. The van der Waals surface area contributed by atoms with Crippen molar-refractivity contribution in [2.45, 2.75) is 45.8 Å². The number of ether oxygens (including phenoxy) is 1. The van der Waals surface area contributed by atoms with E-state index in [1.165, 1.54) is 5.56 Å². The van der Waals surface area contributed by atoms with E-state index in [9.17, 15) is 0 Å². The zero-order valence-electron chi connectivity index (χ0n) is 12.6. The Morgan fingerprint density at radius 2 is 2.20 bits per heavy atom.